The van der Waals surface area contributed by atoms with Crippen molar-refractivity contribution in [3.8, 4) is 0 Å². The standard InChI is InChI=1S/C7H11N/c1-7(2,3)5-6-8-4/h5-6H,1-3H3. The fourth-order valence-corrected chi connectivity index (χ4v) is 0.261. The largest absolute Gasteiger partial charge is 0.246 e. The molecule has 8 heavy (non-hydrogen) atoms. The van der Waals surface area contributed by atoms with Gasteiger partial charge in [-0.25, -0.2) is 4.85 Å². The minimum absolute atomic E-state index is 0.157. The van der Waals surface area contributed by atoms with Crippen LogP contribution in [0.2, 0.25) is 0 Å². The zero-order valence-corrected chi connectivity index (χ0v) is 5.60. The number of hydrogen-bond acceptors (Lipinski definition) is 0. The molecule has 0 heterocycles. The fourth-order valence-electron chi connectivity index (χ4n) is 0.261. The van der Waals surface area contributed by atoms with Gasteiger partial charge in [-0.05, 0) is 5.41 Å². The van der Waals surface area contributed by atoms with E-state index in [-0.39, 0.29) is 5.41 Å². The Morgan fingerprint density at radius 2 is 1.88 bits per heavy atom. The summed E-state index contributed by atoms with van der Waals surface area (Å²) in [5.74, 6) is 0. The highest BCUT2D eigenvalue weighted by molar-refractivity contribution is 4.96. The van der Waals surface area contributed by atoms with Gasteiger partial charge in [0.05, 0.1) is 6.57 Å². The van der Waals surface area contributed by atoms with Crippen LogP contribution in [0.5, 0.6) is 0 Å². The molecule has 0 aliphatic rings. The van der Waals surface area contributed by atoms with Crippen molar-refractivity contribution in [3.63, 3.8) is 0 Å². The average molecular weight is 109 g/mol. The van der Waals surface area contributed by atoms with Crippen molar-refractivity contribution in [1.29, 1.82) is 0 Å². The Morgan fingerprint density at radius 3 is 2.00 bits per heavy atom. The first kappa shape index (κ1) is 7.23. The summed E-state index contributed by atoms with van der Waals surface area (Å²) < 4.78 is 0. The van der Waals surface area contributed by atoms with E-state index in [4.69, 9.17) is 6.57 Å². The smallest absolute Gasteiger partial charge is 0.150 e. The van der Waals surface area contributed by atoms with Gasteiger partial charge >= 0.3 is 0 Å². The molecule has 0 aliphatic carbocycles. The Labute approximate surface area is 50.8 Å². The number of hydrogen-bond donors (Lipinski definition) is 0. The first-order chi connectivity index (χ1) is 3.56. The summed E-state index contributed by atoms with van der Waals surface area (Å²) in [7, 11) is 0. The molecule has 0 rings (SSSR count). The van der Waals surface area contributed by atoms with Crippen molar-refractivity contribution >= 4 is 0 Å². The lowest BCUT2D eigenvalue weighted by Crippen LogP contribution is -1.97. The van der Waals surface area contributed by atoms with Crippen LogP contribution in [-0.4, -0.2) is 0 Å². The Bertz CT molecular complexity index is 120. The van der Waals surface area contributed by atoms with Gasteiger partial charge in [-0.1, -0.05) is 26.8 Å². The lowest BCUT2D eigenvalue weighted by molar-refractivity contribution is 0.544. The third-order valence-corrected chi connectivity index (χ3v) is 0.649. The Balaban J connectivity index is 3.75. The highest BCUT2D eigenvalue weighted by atomic mass is 14.6. The molecule has 1 nitrogen and oxygen atoms in total. The molecule has 0 aromatic rings. The summed E-state index contributed by atoms with van der Waals surface area (Å²) in [5.41, 5.74) is 0.157. The minimum atomic E-state index is 0.157. The van der Waals surface area contributed by atoms with Crippen LogP contribution in [0.15, 0.2) is 12.3 Å². The van der Waals surface area contributed by atoms with Crippen LogP contribution in [0.25, 0.3) is 4.85 Å². The number of nitrogens with zero attached hydrogens (tertiary/aromatic N) is 1. The Morgan fingerprint density at radius 1 is 1.38 bits per heavy atom. The van der Waals surface area contributed by atoms with Crippen LogP contribution in [0.4, 0.5) is 0 Å². The van der Waals surface area contributed by atoms with E-state index in [1.54, 1.807) is 0 Å². The maximum absolute atomic E-state index is 6.42. The van der Waals surface area contributed by atoms with E-state index in [9.17, 15) is 0 Å². The molecule has 0 N–H and O–H groups in total. The number of allylic oxidation sites excluding steroid dienone is 1. The second-order valence-electron chi connectivity index (χ2n) is 2.81. The third kappa shape index (κ3) is 5.23. The Hall–Kier alpha value is -0.770. The predicted octanol–water partition coefficient (Wildman–Crippen LogP) is 2.47. The molecule has 0 spiro atoms. The van der Waals surface area contributed by atoms with Gasteiger partial charge in [0.2, 0.25) is 0 Å². The first-order valence-corrected chi connectivity index (χ1v) is 2.60. The van der Waals surface area contributed by atoms with Crippen LogP contribution in [0.1, 0.15) is 20.8 Å². The van der Waals surface area contributed by atoms with Crippen molar-refractivity contribution in [2.24, 2.45) is 5.41 Å². The molecule has 0 aromatic carbocycles. The van der Waals surface area contributed by atoms with E-state index in [1.165, 1.54) is 6.20 Å². The Kier molecular flexibility index (Phi) is 2.27. The number of rotatable bonds is 0. The molecule has 0 atom stereocenters. The lowest BCUT2D eigenvalue weighted by atomic mass is 9.97. The average Bonchev–Trinajstić information content (AvgIpc) is 1.59. The first-order valence-electron chi connectivity index (χ1n) is 2.60. The minimum Gasteiger partial charge on any atom is -0.246 e. The van der Waals surface area contributed by atoms with E-state index in [1.807, 2.05) is 6.08 Å². The summed E-state index contributed by atoms with van der Waals surface area (Å²) in [5, 5.41) is 0. The van der Waals surface area contributed by atoms with E-state index in [0.29, 0.717) is 0 Å². The van der Waals surface area contributed by atoms with E-state index in [2.05, 4.69) is 25.6 Å². The van der Waals surface area contributed by atoms with Crippen molar-refractivity contribution in [2.45, 2.75) is 20.8 Å². The quantitative estimate of drug-likeness (QED) is 0.421. The van der Waals surface area contributed by atoms with Gasteiger partial charge in [0, 0.05) is 0 Å². The second kappa shape index (κ2) is 2.52. The van der Waals surface area contributed by atoms with Crippen LogP contribution in [0, 0.1) is 12.0 Å². The van der Waals surface area contributed by atoms with Crippen LogP contribution in [-0.2, 0) is 0 Å². The van der Waals surface area contributed by atoms with Gasteiger partial charge in [-0.2, -0.15) is 0 Å². The predicted molar refractivity (Wildman–Crippen MR) is 35.2 cm³/mol. The molecule has 0 unspecified atom stereocenters. The molecule has 0 fully saturated rings. The normalized spacial score (nSPS) is 11.8. The summed E-state index contributed by atoms with van der Waals surface area (Å²) in [6.07, 6.45) is 3.39. The molecule has 0 saturated heterocycles. The van der Waals surface area contributed by atoms with E-state index in [0.717, 1.165) is 0 Å². The molecule has 0 saturated carbocycles. The highest BCUT2D eigenvalue weighted by Gasteiger charge is 2.01. The molecule has 0 amide bonds. The zero-order chi connectivity index (χ0) is 6.62. The summed E-state index contributed by atoms with van der Waals surface area (Å²) in [6, 6.07) is 0. The van der Waals surface area contributed by atoms with Crippen molar-refractivity contribution in [1.82, 2.24) is 0 Å². The molecule has 0 radical (unpaired) electrons. The lowest BCUT2D eigenvalue weighted by Gasteiger charge is -2.09. The van der Waals surface area contributed by atoms with Gasteiger partial charge in [0.15, 0.2) is 6.20 Å². The monoisotopic (exact) mass is 109 g/mol. The molecule has 0 bridgehead atoms. The zero-order valence-electron chi connectivity index (χ0n) is 5.60. The topological polar surface area (TPSA) is 4.36 Å². The second-order valence-corrected chi connectivity index (χ2v) is 2.81. The van der Waals surface area contributed by atoms with Gasteiger partial charge in [0.25, 0.3) is 0 Å². The van der Waals surface area contributed by atoms with Crippen molar-refractivity contribution in [2.75, 3.05) is 0 Å². The molecule has 1 heteroatoms. The van der Waals surface area contributed by atoms with Crippen LogP contribution >= 0.6 is 0 Å². The maximum atomic E-state index is 6.42. The van der Waals surface area contributed by atoms with Gasteiger partial charge in [-0.3, -0.25) is 0 Å². The van der Waals surface area contributed by atoms with Crippen molar-refractivity contribution < 1.29 is 0 Å². The molecule has 44 valence electrons. The molecular formula is C7H11N. The molecule has 0 aliphatic heterocycles. The summed E-state index contributed by atoms with van der Waals surface area (Å²) in [4.78, 5) is 3.09. The molecular weight excluding hydrogens is 98.1 g/mol. The fraction of sp³-hybridized carbons (Fsp3) is 0.571. The van der Waals surface area contributed by atoms with Gasteiger partial charge < -0.3 is 0 Å². The van der Waals surface area contributed by atoms with Crippen molar-refractivity contribution in [3.05, 3.63) is 23.7 Å². The highest BCUT2D eigenvalue weighted by Crippen LogP contribution is 2.13. The molecule has 0 aromatic heterocycles. The van der Waals surface area contributed by atoms with E-state index < -0.39 is 0 Å². The van der Waals surface area contributed by atoms with Crippen LogP contribution < -0.4 is 0 Å². The van der Waals surface area contributed by atoms with Gasteiger partial charge in [-0.15, -0.1) is 0 Å². The third-order valence-electron chi connectivity index (χ3n) is 0.649. The summed E-state index contributed by atoms with van der Waals surface area (Å²) in [6.45, 7) is 12.6. The SMILES string of the molecule is [C-]#[N+]C=CC(C)(C)C. The van der Waals surface area contributed by atoms with Crippen LogP contribution in [0.3, 0.4) is 0 Å². The summed E-state index contributed by atoms with van der Waals surface area (Å²) >= 11 is 0. The van der Waals surface area contributed by atoms with E-state index >= 15 is 0 Å². The van der Waals surface area contributed by atoms with Gasteiger partial charge in [0.1, 0.15) is 0 Å². The maximum Gasteiger partial charge on any atom is 0.150 e.